The zero-order chi connectivity index (χ0) is 13.8. The molecule has 1 aliphatic rings. The van der Waals surface area contributed by atoms with E-state index in [9.17, 15) is 14.7 Å². The van der Waals surface area contributed by atoms with Crippen LogP contribution in [0.25, 0.3) is 0 Å². The predicted octanol–water partition coefficient (Wildman–Crippen LogP) is 1.44. The predicted molar refractivity (Wildman–Crippen MR) is 64.9 cm³/mol. The molecular formula is C13H22O5. The molecule has 5 nitrogen and oxygen atoms in total. The molecule has 5 heteroatoms. The molecule has 0 aromatic rings. The Bertz CT molecular complexity index is 309. The lowest BCUT2D eigenvalue weighted by Crippen LogP contribution is -2.32. The van der Waals surface area contributed by atoms with Gasteiger partial charge in [0.1, 0.15) is 0 Å². The van der Waals surface area contributed by atoms with E-state index in [1.807, 2.05) is 13.8 Å². The van der Waals surface area contributed by atoms with E-state index in [0.717, 1.165) is 6.42 Å². The summed E-state index contributed by atoms with van der Waals surface area (Å²) < 4.78 is 5.19. The maximum atomic E-state index is 11.9. The molecule has 1 rings (SSSR count). The molecule has 18 heavy (non-hydrogen) atoms. The van der Waals surface area contributed by atoms with Crippen molar-refractivity contribution in [3.63, 3.8) is 0 Å². The van der Waals surface area contributed by atoms with Gasteiger partial charge in [-0.3, -0.25) is 9.59 Å². The van der Waals surface area contributed by atoms with Crippen molar-refractivity contribution in [2.24, 2.45) is 17.3 Å². The molecule has 0 radical (unpaired) electrons. The summed E-state index contributed by atoms with van der Waals surface area (Å²) in [7, 11) is 0. The summed E-state index contributed by atoms with van der Waals surface area (Å²) in [5.41, 5.74) is -0.438. The van der Waals surface area contributed by atoms with Gasteiger partial charge >= 0.3 is 11.9 Å². The Morgan fingerprint density at radius 1 is 1.33 bits per heavy atom. The number of carbonyl (C=O) groups is 2. The van der Waals surface area contributed by atoms with Crippen molar-refractivity contribution in [1.82, 2.24) is 0 Å². The Labute approximate surface area is 107 Å². The highest BCUT2D eigenvalue weighted by atomic mass is 16.5. The van der Waals surface area contributed by atoms with Gasteiger partial charge in [0.15, 0.2) is 0 Å². The summed E-state index contributed by atoms with van der Waals surface area (Å²) in [6.07, 6.45) is 2.57. The Balaban J connectivity index is 2.53. The smallest absolute Gasteiger partial charge is 0.309 e. The van der Waals surface area contributed by atoms with Gasteiger partial charge < -0.3 is 14.9 Å². The minimum Gasteiger partial charge on any atom is -0.481 e. The average Bonchev–Trinajstić information content (AvgIpc) is 2.85. The van der Waals surface area contributed by atoms with Gasteiger partial charge in [0.05, 0.1) is 25.0 Å². The second-order valence-electron chi connectivity index (χ2n) is 5.41. The van der Waals surface area contributed by atoms with Crippen LogP contribution in [-0.4, -0.2) is 35.4 Å². The van der Waals surface area contributed by atoms with Gasteiger partial charge in [-0.05, 0) is 19.3 Å². The van der Waals surface area contributed by atoms with Crippen LogP contribution in [0.15, 0.2) is 0 Å². The van der Waals surface area contributed by atoms with E-state index in [2.05, 4.69) is 0 Å². The number of carbonyl (C=O) groups excluding carboxylic acids is 1. The van der Waals surface area contributed by atoms with E-state index in [1.165, 1.54) is 0 Å². The number of hydrogen-bond acceptors (Lipinski definition) is 4. The molecule has 1 fully saturated rings. The molecule has 3 unspecified atom stereocenters. The number of carboxylic acids is 1. The van der Waals surface area contributed by atoms with Crippen molar-refractivity contribution < 1.29 is 24.5 Å². The highest BCUT2D eigenvalue weighted by Crippen LogP contribution is 2.33. The molecule has 0 aromatic heterocycles. The SMILES string of the molecule is CCC(C)(CO)COC(=O)C1CCCC1C(=O)O. The first-order chi connectivity index (χ1) is 8.43. The van der Waals surface area contributed by atoms with Crippen molar-refractivity contribution in [3.8, 4) is 0 Å². The van der Waals surface area contributed by atoms with Gasteiger partial charge in [0, 0.05) is 5.41 Å². The molecule has 0 amide bonds. The first kappa shape index (κ1) is 15.0. The van der Waals surface area contributed by atoms with Crippen molar-refractivity contribution in [2.75, 3.05) is 13.2 Å². The third-order valence-electron chi connectivity index (χ3n) is 3.93. The van der Waals surface area contributed by atoms with Crippen LogP contribution in [-0.2, 0) is 14.3 Å². The Morgan fingerprint density at radius 2 is 1.94 bits per heavy atom. The van der Waals surface area contributed by atoms with Crippen LogP contribution in [0.2, 0.25) is 0 Å². The van der Waals surface area contributed by atoms with Crippen molar-refractivity contribution >= 4 is 11.9 Å². The molecule has 0 spiro atoms. The lowest BCUT2D eigenvalue weighted by Gasteiger charge is -2.26. The first-order valence-electron chi connectivity index (χ1n) is 6.44. The molecule has 3 atom stereocenters. The van der Waals surface area contributed by atoms with E-state index < -0.39 is 29.2 Å². The van der Waals surface area contributed by atoms with Crippen molar-refractivity contribution in [2.45, 2.75) is 39.5 Å². The topological polar surface area (TPSA) is 83.8 Å². The zero-order valence-electron chi connectivity index (χ0n) is 11.0. The molecule has 0 bridgehead atoms. The van der Waals surface area contributed by atoms with Crippen LogP contribution in [0, 0.1) is 17.3 Å². The van der Waals surface area contributed by atoms with Crippen LogP contribution in [0.3, 0.4) is 0 Å². The second kappa shape index (κ2) is 6.18. The number of aliphatic carboxylic acids is 1. The van der Waals surface area contributed by atoms with Crippen LogP contribution >= 0.6 is 0 Å². The van der Waals surface area contributed by atoms with Crippen LogP contribution in [0.4, 0.5) is 0 Å². The molecule has 1 saturated carbocycles. The number of aliphatic hydroxyl groups is 1. The third kappa shape index (κ3) is 3.45. The molecule has 0 aliphatic heterocycles. The van der Waals surface area contributed by atoms with Crippen LogP contribution in [0.1, 0.15) is 39.5 Å². The number of carboxylic acid groups (broad SMARTS) is 1. The summed E-state index contributed by atoms with van der Waals surface area (Å²) in [6.45, 7) is 3.84. The fourth-order valence-electron chi connectivity index (χ4n) is 2.15. The number of hydrogen-bond donors (Lipinski definition) is 2. The van der Waals surface area contributed by atoms with Gasteiger partial charge in [-0.15, -0.1) is 0 Å². The van der Waals surface area contributed by atoms with Crippen LogP contribution < -0.4 is 0 Å². The fraction of sp³-hybridized carbons (Fsp3) is 0.846. The van der Waals surface area contributed by atoms with Gasteiger partial charge in [0.25, 0.3) is 0 Å². The fourth-order valence-corrected chi connectivity index (χ4v) is 2.15. The minimum absolute atomic E-state index is 0.0518. The lowest BCUT2D eigenvalue weighted by molar-refractivity contribution is -0.159. The summed E-state index contributed by atoms with van der Waals surface area (Å²) in [6, 6.07) is 0. The van der Waals surface area contributed by atoms with Crippen LogP contribution in [0.5, 0.6) is 0 Å². The number of ether oxygens (including phenoxy) is 1. The van der Waals surface area contributed by atoms with Gasteiger partial charge in [-0.2, -0.15) is 0 Å². The largest absolute Gasteiger partial charge is 0.481 e. The van der Waals surface area contributed by atoms with Gasteiger partial charge in [-0.25, -0.2) is 0 Å². The highest BCUT2D eigenvalue weighted by Gasteiger charge is 2.39. The molecule has 0 aromatic carbocycles. The summed E-state index contributed by atoms with van der Waals surface area (Å²) in [5.74, 6) is -2.50. The van der Waals surface area contributed by atoms with Gasteiger partial charge in [0.2, 0.25) is 0 Å². The Hall–Kier alpha value is -1.10. The Kier molecular flexibility index (Phi) is 5.14. The third-order valence-corrected chi connectivity index (χ3v) is 3.93. The maximum absolute atomic E-state index is 11.9. The Morgan fingerprint density at radius 3 is 2.44 bits per heavy atom. The zero-order valence-corrected chi connectivity index (χ0v) is 11.0. The van der Waals surface area contributed by atoms with E-state index in [1.54, 1.807) is 0 Å². The van der Waals surface area contributed by atoms with E-state index >= 15 is 0 Å². The number of aliphatic hydroxyl groups excluding tert-OH is 1. The molecule has 2 N–H and O–H groups in total. The van der Waals surface area contributed by atoms with Gasteiger partial charge in [-0.1, -0.05) is 20.3 Å². The standard InChI is InChI=1S/C13H22O5/c1-3-13(2,7-14)8-18-12(17)10-6-4-5-9(10)11(15)16/h9-10,14H,3-8H2,1-2H3,(H,15,16). The molecule has 0 saturated heterocycles. The summed E-state index contributed by atoms with van der Waals surface area (Å²) >= 11 is 0. The minimum atomic E-state index is -0.921. The molecule has 104 valence electrons. The number of rotatable bonds is 6. The average molecular weight is 258 g/mol. The second-order valence-corrected chi connectivity index (χ2v) is 5.41. The van der Waals surface area contributed by atoms with E-state index in [4.69, 9.17) is 9.84 Å². The molecule has 0 heterocycles. The first-order valence-corrected chi connectivity index (χ1v) is 6.44. The molecule has 1 aliphatic carbocycles. The van der Waals surface area contributed by atoms with Crippen molar-refractivity contribution in [3.05, 3.63) is 0 Å². The summed E-state index contributed by atoms with van der Waals surface area (Å²) in [5, 5.41) is 18.2. The maximum Gasteiger partial charge on any atom is 0.309 e. The lowest BCUT2D eigenvalue weighted by atomic mass is 9.89. The van der Waals surface area contributed by atoms with E-state index in [0.29, 0.717) is 19.3 Å². The number of esters is 1. The monoisotopic (exact) mass is 258 g/mol. The highest BCUT2D eigenvalue weighted by molar-refractivity contribution is 5.81. The quantitative estimate of drug-likeness (QED) is 0.704. The van der Waals surface area contributed by atoms with Crippen molar-refractivity contribution in [1.29, 1.82) is 0 Å². The summed E-state index contributed by atoms with van der Waals surface area (Å²) in [4.78, 5) is 22.9. The normalized spacial score (nSPS) is 26.6. The molecular weight excluding hydrogens is 236 g/mol. The van der Waals surface area contributed by atoms with E-state index in [-0.39, 0.29) is 13.2 Å².